The second kappa shape index (κ2) is 4.35. The van der Waals surface area contributed by atoms with E-state index in [1.807, 2.05) is 6.07 Å². The summed E-state index contributed by atoms with van der Waals surface area (Å²) in [5.41, 5.74) is 0.890. The van der Waals surface area contributed by atoms with Crippen LogP contribution in [0.15, 0.2) is 18.6 Å². The van der Waals surface area contributed by atoms with Crippen LogP contribution in [0.4, 0.5) is 0 Å². The average Bonchev–Trinajstić information content (AvgIpc) is 2.17. The van der Waals surface area contributed by atoms with Crippen LogP contribution in [0.2, 0.25) is 0 Å². The van der Waals surface area contributed by atoms with Crippen LogP contribution in [0, 0.1) is 5.92 Å². The van der Waals surface area contributed by atoms with Crippen LogP contribution in [0.1, 0.15) is 18.5 Å². The highest BCUT2D eigenvalue weighted by atomic mass is 16.4. The fourth-order valence-electron chi connectivity index (χ4n) is 1.70. The van der Waals surface area contributed by atoms with Gasteiger partial charge in [-0.1, -0.05) is 0 Å². The minimum Gasteiger partial charge on any atom is -0.481 e. The predicted octanol–water partition coefficient (Wildman–Crippen LogP) is 0.429. The van der Waals surface area contributed by atoms with Crippen molar-refractivity contribution in [2.24, 2.45) is 5.92 Å². The van der Waals surface area contributed by atoms with Crippen molar-refractivity contribution < 1.29 is 9.90 Å². The van der Waals surface area contributed by atoms with Crippen molar-refractivity contribution >= 4 is 5.97 Å². The molecule has 1 saturated carbocycles. The Labute approximate surface area is 87.6 Å². The first-order valence-electron chi connectivity index (χ1n) is 4.98. The van der Waals surface area contributed by atoms with Gasteiger partial charge >= 0.3 is 5.97 Å². The lowest BCUT2D eigenvalue weighted by Gasteiger charge is -2.34. The van der Waals surface area contributed by atoms with E-state index in [0.29, 0.717) is 6.54 Å². The van der Waals surface area contributed by atoms with Gasteiger partial charge in [0.2, 0.25) is 0 Å². The van der Waals surface area contributed by atoms with Gasteiger partial charge in [0.15, 0.2) is 0 Å². The van der Waals surface area contributed by atoms with Crippen LogP contribution in [-0.2, 0) is 11.3 Å². The maximum Gasteiger partial charge on any atom is 0.308 e. The molecule has 0 radical (unpaired) electrons. The van der Waals surface area contributed by atoms with E-state index in [0.717, 1.165) is 18.5 Å². The molecule has 1 heterocycles. The largest absolute Gasteiger partial charge is 0.481 e. The van der Waals surface area contributed by atoms with E-state index < -0.39 is 5.97 Å². The Morgan fingerprint density at radius 2 is 2.47 bits per heavy atom. The number of aromatic nitrogens is 2. The summed E-state index contributed by atoms with van der Waals surface area (Å²) in [5.74, 6) is -0.937. The normalized spacial score (nSPS) is 24.5. The molecule has 0 spiro atoms. The van der Waals surface area contributed by atoms with Crippen molar-refractivity contribution in [2.75, 3.05) is 0 Å². The molecule has 2 atom stereocenters. The number of aliphatic carboxylic acids is 1. The van der Waals surface area contributed by atoms with Crippen LogP contribution < -0.4 is 5.32 Å². The Morgan fingerprint density at radius 3 is 3.00 bits per heavy atom. The van der Waals surface area contributed by atoms with Crippen molar-refractivity contribution in [3.8, 4) is 0 Å². The molecule has 80 valence electrons. The minimum atomic E-state index is -0.707. The third-order valence-electron chi connectivity index (χ3n) is 2.78. The molecule has 0 aliphatic heterocycles. The first-order chi connectivity index (χ1) is 7.27. The summed E-state index contributed by atoms with van der Waals surface area (Å²) in [6, 6.07) is 1.92. The predicted molar refractivity (Wildman–Crippen MR) is 53.0 cm³/mol. The summed E-state index contributed by atoms with van der Waals surface area (Å²) in [6.07, 6.45) is 4.88. The lowest BCUT2D eigenvalue weighted by atomic mass is 9.79. The SMILES string of the molecule is O=C(O)C1CCC1NCc1ccncn1. The molecule has 0 bridgehead atoms. The van der Waals surface area contributed by atoms with Crippen molar-refractivity contribution in [1.29, 1.82) is 0 Å². The van der Waals surface area contributed by atoms with Gasteiger partial charge in [-0.15, -0.1) is 0 Å². The van der Waals surface area contributed by atoms with E-state index in [9.17, 15) is 4.79 Å². The standard InChI is InChI=1S/C10H13N3O2/c14-10(15)8-1-2-9(8)12-5-7-3-4-11-6-13-7/h3-4,6,8-9,12H,1-2,5H2,(H,14,15). The molecule has 1 aliphatic rings. The summed E-state index contributed by atoms with van der Waals surface area (Å²) < 4.78 is 0. The van der Waals surface area contributed by atoms with Crippen molar-refractivity contribution in [2.45, 2.75) is 25.4 Å². The Bertz CT molecular complexity index is 342. The van der Waals surface area contributed by atoms with Gasteiger partial charge in [0.05, 0.1) is 11.6 Å². The molecule has 1 fully saturated rings. The van der Waals surface area contributed by atoms with Gasteiger partial charge in [0.1, 0.15) is 6.33 Å². The number of carbonyl (C=O) groups is 1. The molecule has 2 rings (SSSR count). The van der Waals surface area contributed by atoms with E-state index in [-0.39, 0.29) is 12.0 Å². The fraction of sp³-hybridized carbons (Fsp3) is 0.500. The molecular weight excluding hydrogens is 194 g/mol. The smallest absolute Gasteiger partial charge is 0.308 e. The van der Waals surface area contributed by atoms with Crippen LogP contribution in [0.5, 0.6) is 0 Å². The average molecular weight is 207 g/mol. The van der Waals surface area contributed by atoms with Crippen LogP contribution >= 0.6 is 0 Å². The molecule has 15 heavy (non-hydrogen) atoms. The van der Waals surface area contributed by atoms with E-state index in [4.69, 9.17) is 5.11 Å². The summed E-state index contributed by atoms with van der Waals surface area (Å²) in [6.45, 7) is 0.608. The van der Waals surface area contributed by atoms with E-state index in [2.05, 4.69) is 15.3 Å². The third-order valence-corrected chi connectivity index (χ3v) is 2.78. The molecule has 1 aliphatic carbocycles. The maximum absolute atomic E-state index is 10.7. The number of nitrogens with zero attached hydrogens (tertiary/aromatic N) is 2. The molecule has 5 nitrogen and oxygen atoms in total. The van der Waals surface area contributed by atoms with Gasteiger partial charge < -0.3 is 10.4 Å². The zero-order chi connectivity index (χ0) is 10.7. The number of hydrogen-bond donors (Lipinski definition) is 2. The van der Waals surface area contributed by atoms with Crippen LogP contribution in [-0.4, -0.2) is 27.1 Å². The Balaban J connectivity index is 1.82. The van der Waals surface area contributed by atoms with E-state index >= 15 is 0 Å². The quantitative estimate of drug-likeness (QED) is 0.748. The Morgan fingerprint density at radius 1 is 1.60 bits per heavy atom. The Kier molecular flexibility index (Phi) is 2.91. The van der Waals surface area contributed by atoms with Crippen LogP contribution in [0.25, 0.3) is 0 Å². The van der Waals surface area contributed by atoms with Gasteiger partial charge in [-0.2, -0.15) is 0 Å². The first kappa shape index (κ1) is 10.0. The molecule has 0 saturated heterocycles. The lowest BCUT2D eigenvalue weighted by molar-refractivity contribution is -0.146. The van der Waals surface area contributed by atoms with Crippen molar-refractivity contribution in [1.82, 2.24) is 15.3 Å². The first-order valence-corrected chi connectivity index (χ1v) is 4.98. The Hall–Kier alpha value is -1.49. The minimum absolute atomic E-state index is 0.0949. The maximum atomic E-state index is 10.7. The summed E-state index contributed by atoms with van der Waals surface area (Å²) in [4.78, 5) is 18.6. The van der Waals surface area contributed by atoms with Crippen LogP contribution in [0.3, 0.4) is 0 Å². The highest BCUT2D eigenvalue weighted by Crippen LogP contribution is 2.27. The zero-order valence-electron chi connectivity index (χ0n) is 8.26. The summed E-state index contributed by atoms with van der Waals surface area (Å²) in [5, 5.41) is 12.0. The second-order valence-electron chi connectivity index (χ2n) is 3.71. The van der Waals surface area contributed by atoms with Gasteiger partial charge in [0, 0.05) is 18.8 Å². The molecule has 1 aromatic rings. The van der Waals surface area contributed by atoms with Gasteiger partial charge in [-0.3, -0.25) is 4.79 Å². The topological polar surface area (TPSA) is 75.1 Å². The van der Waals surface area contributed by atoms with E-state index in [1.54, 1.807) is 6.20 Å². The number of hydrogen-bond acceptors (Lipinski definition) is 4. The van der Waals surface area contributed by atoms with Crippen molar-refractivity contribution in [3.05, 3.63) is 24.3 Å². The molecular formula is C10H13N3O2. The van der Waals surface area contributed by atoms with Gasteiger partial charge in [0.25, 0.3) is 0 Å². The van der Waals surface area contributed by atoms with Gasteiger partial charge in [-0.05, 0) is 18.9 Å². The molecule has 0 amide bonds. The number of rotatable bonds is 4. The highest BCUT2D eigenvalue weighted by molar-refractivity contribution is 5.72. The summed E-state index contributed by atoms with van der Waals surface area (Å²) in [7, 11) is 0. The monoisotopic (exact) mass is 207 g/mol. The zero-order valence-corrected chi connectivity index (χ0v) is 8.26. The lowest BCUT2D eigenvalue weighted by Crippen LogP contribution is -2.47. The highest BCUT2D eigenvalue weighted by Gasteiger charge is 2.35. The molecule has 2 unspecified atom stereocenters. The molecule has 5 heteroatoms. The van der Waals surface area contributed by atoms with Gasteiger partial charge in [-0.25, -0.2) is 9.97 Å². The third kappa shape index (κ3) is 2.30. The number of carboxylic acid groups (broad SMARTS) is 1. The summed E-state index contributed by atoms with van der Waals surface area (Å²) >= 11 is 0. The molecule has 1 aromatic heterocycles. The fourth-order valence-corrected chi connectivity index (χ4v) is 1.70. The molecule has 2 N–H and O–H groups in total. The number of nitrogens with one attached hydrogen (secondary N) is 1. The number of carboxylic acids is 1. The second-order valence-corrected chi connectivity index (χ2v) is 3.71. The molecule has 0 aromatic carbocycles. The van der Waals surface area contributed by atoms with E-state index in [1.165, 1.54) is 6.33 Å². The van der Waals surface area contributed by atoms with Crippen molar-refractivity contribution in [3.63, 3.8) is 0 Å².